The number of nitrogens with one attached hydrogen (secondary N) is 1. The average Bonchev–Trinajstić information content (AvgIpc) is 2.60. The summed E-state index contributed by atoms with van der Waals surface area (Å²) in [5, 5.41) is 13.0. The van der Waals surface area contributed by atoms with Crippen LogP contribution in [-0.4, -0.2) is 18.4 Å². The van der Waals surface area contributed by atoms with E-state index in [9.17, 15) is 14.7 Å². The second-order valence-electron chi connectivity index (χ2n) is 5.39. The number of benzene rings is 2. The molecule has 24 heavy (non-hydrogen) atoms. The number of aliphatic carboxylic acids is 1. The van der Waals surface area contributed by atoms with Gasteiger partial charge >= 0.3 is 0 Å². The second kappa shape index (κ2) is 9.35. The van der Waals surface area contributed by atoms with Gasteiger partial charge in [-0.25, -0.2) is 0 Å². The van der Waals surface area contributed by atoms with Crippen molar-refractivity contribution in [2.24, 2.45) is 0 Å². The first-order chi connectivity index (χ1) is 11.6. The van der Waals surface area contributed by atoms with Crippen LogP contribution in [0.5, 0.6) is 5.75 Å². The van der Waals surface area contributed by atoms with Crippen LogP contribution in [0, 0.1) is 0 Å². The maximum atomic E-state index is 11.4. The van der Waals surface area contributed by atoms with Crippen molar-refractivity contribution >= 4 is 11.9 Å². The summed E-state index contributed by atoms with van der Waals surface area (Å²) in [6.45, 7) is 0.991. The number of carbonyl (C=O) groups excluding carboxylic acids is 2. The predicted molar refractivity (Wildman–Crippen MR) is 88.2 cm³/mol. The van der Waals surface area contributed by atoms with Crippen molar-refractivity contribution < 1.29 is 19.4 Å². The zero-order valence-electron chi connectivity index (χ0n) is 13.4. The van der Waals surface area contributed by atoms with Crippen LogP contribution in [0.4, 0.5) is 0 Å². The van der Waals surface area contributed by atoms with Crippen LogP contribution in [-0.2, 0) is 22.6 Å². The first-order valence-corrected chi connectivity index (χ1v) is 7.85. The number of hydrogen-bond donors (Lipinski definition) is 1. The van der Waals surface area contributed by atoms with Crippen LogP contribution >= 0.6 is 0 Å². The molecule has 0 fully saturated rings. The molecule has 2 aromatic rings. The zero-order valence-corrected chi connectivity index (χ0v) is 13.4. The molecule has 2 rings (SSSR count). The molecule has 0 aliphatic carbocycles. The smallest absolute Gasteiger partial charge is 0.220 e. The molecule has 0 radical (unpaired) electrons. The number of rotatable bonds is 9. The van der Waals surface area contributed by atoms with Gasteiger partial charge in [-0.15, -0.1) is 0 Å². The van der Waals surface area contributed by atoms with E-state index in [2.05, 4.69) is 5.32 Å². The standard InChI is InChI=1S/C19H21NO4/c21-18(10-11-19(22)23)20-13-12-15-6-8-17(9-7-15)24-14-16-4-2-1-3-5-16/h1-9H,10-14H2,(H,20,21)(H,22,23)/p-1. The second-order valence-corrected chi connectivity index (χ2v) is 5.39. The molecule has 0 heterocycles. The highest BCUT2D eigenvalue weighted by Gasteiger charge is 2.02. The third-order valence-electron chi connectivity index (χ3n) is 3.46. The Hall–Kier alpha value is -2.82. The first kappa shape index (κ1) is 17.5. The number of carbonyl (C=O) groups is 2. The maximum Gasteiger partial charge on any atom is 0.220 e. The van der Waals surface area contributed by atoms with Crippen molar-refractivity contribution in [3.63, 3.8) is 0 Å². The van der Waals surface area contributed by atoms with Crippen LogP contribution in [0.3, 0.4) is 0 Å². The van der Waals surface area contributed by atoms with Gasteiger partial charge in [-0.1, -0.05) is 42.5 Å². The molecule has 126 valence electrons. The van der Waals surface area contributed by atoms with E-state index in [-0.39, 0.29) is 18.7 Å². The van der Waals surface area contributed by atoms with Crippen molar-refractivity contribution in [1.29, 1.82) is 0 Å². The largest absolute Gasteiger partial charge is 0.550 e. The molecule has 5 heteroatoms. The molecule has 0 saturated heterocycles. The molecular weight excluding hydrogens is 306 g/mol. The van der Waals surface area contributed by atoms with Gasteiger partial charge in [0.05, 0.1) is 0 Å². The normalized spacial score (nSPS) is 10.2. The summed E-state index contributed by atoms with van der Waals surface area (Å²) in [6.07, 6.45) is 0.379. The Bertz CT molecular complexity index is 653. The van der Waals surface area contributed by atoms with E-state index in [4.69, 9.17) is 4.74 Å². The minimum Gasteiger partial charge on any atom is -0.550 e. The maximum absolute atomic E-state index is 11.4. The van der Waals surface area contributed by atoms with Crippen molar-refractivity contribution in [3.8, 4) is 5.75 Å². The fourth-order valence-electron chi connectivity index (χ4n) is 2.14. The Kier molecular flexibility index (Phi) is 6.83. The van der Waals surface area contributed by atoms with Gasteiger partial charge in [0.1, 0.15) is 12.4 Å². The van der Waals surface area contributed by atoms with Gasteiger partial charge in [0.15, 0.2) is 0 Å². The van der Waals surface area contributed by atoms with Crippen molar-refractivity contribution in [2.45, 2.75) is 25.9 Å². The number of ether oxygens (including phenoxy) is 1. The molecule has 1 amide bonds. The SMILES string of the molecule is O=C([O-])CCC(=O)NCCc1ccc(OCc2ccccc2)cc1. The number of carboxylic acid groups (broad SMARTS) is 1. The van der Waals surface area contributed by atoms with Crippen LogP contribution in [0.15, 0.2) is 54.6 Å². The lowest BCUT2D eigenvalue weighted by Crippen LogP contribution is -2.29. The molecule has 0 bridgehead atoms. The quantitative estimate of drug-likeness (QED) is 0.756. The molecule has 0 atom stereocenters. The fraction of sp³-hybridized carbons (Fsp3) is 0.263. The van der Waals surface area contributed by atoms with Crippen molar-refractivity contribution in [1.82, 2.24) is 5.32 Å². The molecule has 0 aromatic heterocycles. The molecule has 0 aliphatic rings. The Balaban J connectivity index is 1.70. The molecular formula is C19H20NO4-. The molecule has 1 N–H and O–H groups in total. The highest BCUT2D eigenvalue weighted by atomic mass is 16.5. The van der Waals surface area contributed by atoms with Gasteiger partial charge < -0.3 is 20.0 Å². The summed E-state index contributed by atoms with van der Waals surface area (Å²) in [6, 6.07) is 17.6. The molecule has 0 unspecified atom stereocenters. The summed E-state index contributed by atoms with van der Waals surface area (Å²) in [5.41, 5.74) is 2.18. The van der Waals surface area contributed by atoms with Gasteiger partial charge in [0.2, 0.25) is 5.91 Å². The topological polar surface area (TPSA) is 78.5 Å². The highest BCUT2D eigenvalue weighted by molar-refractivity contribution is 5.79. The Morgan fingerprint density at radius 2 is 1.62 bits per heavy atom. The summed E-state index contributed by atoms with van der Waals surface area (Å²) in [5.74, 6) is -0.696. The first-order valence-electron chi connectivity index (χ1n) is 7.85. The lowest BCUT2D eigenvalue weighted by Gasteiger charge is -2.08. The molecule has 0 spiro atoms. The average molecular weight is 326 g/mol. The minimum absolute atomic E-state index is 0.0470. The van der Waals surface area contributed by atoms with E-state index in [1.807, 2.05) is 54.6 Å². The lowest BCUT2D eigenvalue weighted by molar-refractivity contribution is -0.305. The highest BCUT2D eigenvalue weighted by Crippen LogP contribution is 2.14. The Morgan fingerprint density at radius 3 is 2.29 bits per heavy atom. The molecule has 5 nitrogen and oxygen atoms in total. The van der Waals surface area contributed by atoms with E-state index in [0.717, 1.165) is 16.9 Å². The van der Waals surface area contributed by atoms with E-state index in [1.54, 1.807) is 0 Å². The number of carboxylic acids is 1. The minimum atomic E-state index is -1.21. The number of hydrogen-bond acceptors (Lipinski definition) is 4. The van der Waals surface area contributed by atoms with Crippen LogP contribution in [0.1, 0.15) is 24.0 Å². The predicted octanol–water partition coefficient (Wildman–Crippen LogP) is 1.45. The van der Waals surface area contributed by atoms with E-state index in [1.165, 1.54) is 0 Å². The number of amides is 1. The Labute approximate surface area is 141 Å². The molecule has 0 saturated carbocycles. The van der Waals surface area contributed by atoms with E-state index < -0.39 is 5.97 Å². The van der Waals surface area contributed by atoms with Crippen LogP contribution in [0.25, 0.3) is 0 Å². The van der Waals surface area contributed by atoms with Crippen LogP contribution < -0.4 is 15.2 Å². The summed E-state index contributed by atoms with van der Waals surface area (Å²) < 4.78 is 5.71. The van der Waals surface area contributed by atoms with Gasteiger partial charge in [0, 0.05) is 18.9 Å². The van der Waals surface area contributed by atoms with Crippen molar-refractivity contribution in [2.75, 3.05) is 6.54 Å². The molecule has 2 aromatic carbocycles. The monoisotopic (exact) mass is 326 g/mol. The fourth-order valence-corrected chi connectivity index (χ4v) is 2.14. The van der Waals surface area contributed by atoms with E-state index in [0.29, 0.717) is 19.6 Å². The Morgan fingerprint density at radius 1 is 0.917 bits per heavy atom. The lowest BCUT2D eigenvalue weighted by atomic mass is 10.1. The van der Waals surface area contributed by atoms with Crippen molar-refractivity contribution in [3.05, 3.63) is 65.7 Å². The summed E-state index contributed by atoms with van der Waals surface area (Å²) >= 11 is 0. The third kappa shape index (κ3) is 6.52. The van der Waals surface area contributed by atoms with Gasteiger partial charge in [0.25, 0.3) is 0 Å². The zero-order chi connectivity index (χ0) is 17.2. The van der Waals surface area contributed by atoms with E-state index >= 15 is 0 Å². The third-order valence-corrected chi connectivity index (χ3v) is 3.46. The van der Waals surface area contributed by atoms with Gasteiger partial charge in [-0.05, 0) is 36.1 Å². The van der Waals surface area contributed by atoms with Crippen LogP contribution in [0.2, 0.25) is 0 Å². The summed E-state index contributed by atoms with van der Waals surface area (Å²) in [4.78, 5) is 21.7. The van der Waals surface area contributed by atoms with Gasteiger partial charge in [-0.3, -0.25) is 4.79 Å². The molecule has 0 aliphatic heterocycles. The van der Waals surface area contributed by atoms with Gasteiger partial charge in [-0.2, -0.15) is 0 Å². The summed E-state index contributed by atoms with van der Waals surface area (Å²) in [7, 11) is 0.